The Morgan fingerprint density at radius 1 is 1.05 bits per heavy atom. The van der Waals surface area contributed by atoms with E-state index >= 15 is 0 Å². The maximum absolute atomic E-state index is 11.9. The molecule has 0 spiro atoms. The Hall–Kier alpha value is -1.87. The summed E-state index contributed by atoms with van der Waals surface area (Å²) in [4.78, 5) is 11.9. The Morgan fingerprint density at radius 2 is 1.75 bits per heavy atom. The zero-order valence-corrected chi connectivity index (χ0v) is 12.3. The van der Waals surface area contributed by atoms with Crippen molar-refractivity contribution in [1.29, 1.82) is 0 Å². The third-order valence-corrected chi connectivity index (χ3v) is 3.83. The highest BCUT2D eigenvalue weighted by Gasteiger charge is 2.29. The van der Waals surface area contributed by atoms with E-state index in [1.165, 1.54) is 0 Å². The summed E-state index contributed by atoms with van der Waals surface area (Å²) in [6, 6.07) is 17.7. The Bertz CT molecular complexity index is 644. The van der Waals surface area contributed by atoms with Crippen LogP contribution < -0.4 is 0 Å². The summed E-state index contributed by atoms with van der Waals surface area (Å²) in [6.07, 6.45) is 2.36. The van der Waals surface area contributed by atoms with Gasteiger partial charge in [-0.05, 0) is 29.3 Å². The third-order valence-electron chi connectivity index (χ3n) is 3.30. The number of carbonyl (C=O) groups is 1. The fourth-order valence-electron chi connectivity index (χ4n) is 2.26. The molecule has 3 heteroatoms. The van der Waals surface area contributed by atoms with Crippen LogP contribution in [0.25, 0.3) is 6.08 Å². The largest absolute Gasteiger partial charge is 0.454 e. The summed E-state index contributed by atoms with van der Waals surface area (Å²) in [6.45, 7) is 0. The molecule has 0 aromatic heterocycles. The topological polar surface area (TPSA) is 26.3 Å². The highest BCUT2D eigenvalue weighted by Crippen LogP contribution is 2.33. The van der Waals surface area contributed by atoms with Gasteiger partial charge in [-0.1, -0.05) is 58.4 Å². The second-order valence-corrected chi connectivity index (χ2v) is 5.65. The van der Waals surface area contributed by atoms with E-state index in [0.29, 0.717) is 6.42 Å². The molecular weight excluding hydrogens is 316 g/mol. The molecule has 0 bridgehead atoms. The predicted molar refractivity (Wildman–Crippen MR) is 82.0 cm³/mol. The van der Waals surface area contributed by atoms with Crippen LogP contribution in [0, 0.1) is 0 Å². The first-order valence-electron chi connectivity index (χ1n) is 6.44. The third kappa shape index (κ3) is 2.83. The molecule has 3 rings (SSSR count). The quantitative estimate of drug-likeness (QED) is 0.598. The van der Waals surface area contributed by atoms with Crippen molar-refractivity contribution in [2.75, 3.05) is 0 Å². The van der Waals surface area contributed by atoms with Gasteiger partial charge in [-0.2, -0.15) is 0 Å². The van der Waals surface area contributed by atoms with Crippen LogP contribution >= 0.6 is 15.9 Å². The van der Waals surface area contributed by atoms with Gasteiger partial charge in [-0.15, -0.1) is 0 Å². The van der Waals surface area contributed by atoms with Crippen molar-refractivity contribution >= 4 is 28.0 Å². The van der Waals surface area contributed by atoms with Crippen LogP contribution in [0.2, 0.25) is 0 Å². The van der Waals surface area contributed by atoms with Gasteiger partial charge in [-0.25, -0.2) is 4.79 Å². The number of cyclic esters (lactones) is 1. The predicted octanol–water partition coefficient (Wildman–Crippen LogP) is 4.52. The SMILES string of the molecule is O=C1OC(c2ccccc2)C/C1=C/c1ccc(Br)cc1. The molecule has 0 amide bonds. The molecule has 1 unspecified atom stereocenters. The van der Waals surface area contributed by atoms with Gasteiger partial charge < -0.3 is 4.74 Å². The fraction of sp³-hybridized carbons (Fsp3) is 0.118. The van der Waals surface area contributed by atoms with Gasteiger partial charge in [0.15, 0.2) is 0 Å². The maximum atomic E-state index is 11.9. The molecule has 1 heterocycles. The number of benzene rings is 2. The van der Waals surface area contributed by atoms with Gasteiger partial charge in [0.25, 0.3) is 0 Å². The number of rotatable bonds is 2. The molecule has 100 valence electrons. The highest BCUT2D eigenvalue weighted by molar-refractivity contribution is 9.10. The first-order chi connectivity index (χ1) is 9.72. The Morgan fingerprint density at radius 3 is 2.45 bits per heavy atom. The van der Waals surface area contributed by atoms with Crippen LogP contribution in [0.5, 0.6) is 0 Å². The number of ether oxygens (including phenoxy) is 1. The molecule has 1 aliphatic rings. The maximum Gasteiger partial charge on any atom is 0.334 e. The van der Waals surface area contributed by atoms with E-state index in [2.05, 4.69) is 15.9 Å². The minimum atomic E-state index is -0.221. The smallest absolute Gasteiger partial charge is 0.334 e. The van der Waals surface area contributed by atoms with Crippen LogP contribution in [-0.2, 0) is 9.53 Å². The van der Waals surface area contributed by atoms with Gasteiger partial charge in [0.1, 0.15) is 6.10 Å². The second-order valence-electron chi connectivity index (χ2n) is 4.73. The zero-order valence-electron chi connectivity index (χ0n) is 10.8. The van der Waals surface area contributed by atoms with Crippen LogP contribution in [0.4, 0.5) is 0 Å². The standard InChI is InChI=1S/C17H13BrO2/c18-15-8-6-12(7-9-15)10-14-11-16(20-17(14)19)13-4-2-1-3-5-13/h1-10,16H,11H2/b14-10-. The lowest BCUT2D eigenvalue weighted by atomic mass is 10.0. The second kappa shape index (κ2) is 5.63. The average Bonchev–Trinajstić information content (AvgIpc) is 2.84. The first-order valence-corrected chi connectivity index (χ1v) is 7.24. The van der Waals surface area contributed by atoms with E-state index in [1.54, 1.807) is 0 Å². The van der Waals surface area contributed by atoms with Gasteiger partial charge in [0.2, 0.25) is 0 Å². The number of hydrogen-bond acceptors (Lipinski definition) is 2. The fourth-order valence-corrected chi connectivity index (χ4v) is 2.53. The normalized spacial score (nSPS) is 20.1. The molecule has 1 atom stereocenters. The number of halogens is 1. The molecule has 2 nitrogen and oxygen atoms in total. The number of esters is 1. The molecular formula is C17H13BrO2. The summed E-state index contributed by atoms with van der Waals surface area (Å²) >= 11 is 3.40. The highest BCUT2D eigenvalue weighted by atomic mass is 79.9. The lowest BCUT2D eigenvalue weighted by molar-refractivity contribution is -0.139. The zero-order chi connectivity index (χ0) is 13.9. The van der Waals surface area contributed by atoms with Crippen molar-refractivity contribution in [3.63, 3.8) is 0 Å². The molecule has 0 aliphatic carbocycles. The first kappa shape index (κ1) is 13.1. The van der Waals surface area contributed by atoms with Crippen molar-refractivity contribution in [3.8, 4) is 0 Å². The van der Waals surface area contributed by atoms with E-state index in [0.717, 1.165) is 21.2 Å². The van der Waals surface area contributed by atoms with Crippen molar-refractivity contribution in [2.24, 2.45) is 0 Å². The van der Waals surface area contributed by atoms with Crippen molar-refractivity contribution in [3.05, 3.63) is 75.8 Å². The van der Waals surface area contributed by atoms with Crippen LogP contribution in [0.3, 0.4) is 0 Å². The molecule has 0 N–H and O–H groups in total. The molecule has 1 fully saturated rings. The summed E-state index contributed by atoms with van der Waals surface area (Å²) in [5, 5.41) is 0. The van der Waals surface area contributed by atoms with E-state index in [4.69, 9.17) is 4.74 Å². The summed E-state index contributed by atoms with van der Waals surface area (Å²) in [7, 11) is 0. The van der Waals surface area contributed by atoms with Gasteiger partial charge in [0.05, 0.1) is 0 Å². The molecule has 0 radical (unpaired) electrons. The summed E-state index contributed by atoms with van der Waals surface area (Å²) < 4.78 is 6.46. The van der Waals surface area contributed by atoms with Crippen molar-refractivity contribution in [1.82, 2.24) is 0 Å². The van der Waals surface area contributed by atoms with E-state index in [-0.39, 0.29) is 12.1 Å². The molecule has 0 saturated carbocycles. The van der Waals surface area contributed by atoms with Crippen molar-refractivity contribution in [2.45, 2.75) is 12.5 Å². The Labute approximate surface area is 126 Å². The van der Waals surface area contributed by atoms with Gasteiger partial charge in [0, 0.05) is 16.5 Å². The van der Waals surface area contributed by atoms with Crippen molar-refractivity contribution < 1.29 is 9.53 Å². The summed E-state index contributed by atoms with van der Waals surface area (Å²) in [5.41, 5.74) is 2.77. The molecule has 2 aromatic rings. The lowest BCUT2D eigenvalue weighted by Crippen LogP contribution is -1.98. The number of hydrogen-bond donors (Lipinski definition) is 0. The van der Waals surface area contributed by atoms with Gasteiger partial charge >= 0.3 is 5.97 Å². The average molecular weight is 329 g/mol. The van der Waals surface area contributed by atoms with Crippen LogP contribution in [0.15, 0.2) is 64.6 Å². The van der Waals surface area contributed by atoms with E-state index in [9.17, 15) is 4.79 Å². The van der Waals surface area contributed by atoms with Crippen LogP contribution in [-0.4, -0.2) is 5.97 Å². The molecule has 1 aliphatic heterocycles. The van der Waals surface area contributed by atoms with Gasteiger partial charge in [-0.3, -0.25) is 0 Å². The minimum absolute atomic E-state index is 0.162. The monoisotopic (exact) mass is 328 g/mol. The lowest BCUT2D eigenvalue weighted by Gasteiger charge is -2.07. The Kier molecular flexibility index (Phi) is 3.70. The molecule has 20 heavy (non-hydrogen) atoms. The van der Waals surface area contributed by atoms with E-state index < -0.39 is 0 Å². The minimum Gasteiger partial charge on any atom is -0.454 e. The van der Waals surface area contributed by atoms with E-state index in [1.807, 2.05) is 60.7 Å². The summed E-state index contributed by atoms with van der Waals surface area (Å²) in [5.74, 6) is -0.221. The Balaban J connectivity index is 1.82. The number of carbonyl (C=O) groups excluding carboxylic acids is 1. The van der Waals surface area contributed by atoms with Crippen LogP contribution in [0.1, 0.15) is 23.7 Å². The molecule has 2 aromatic carbocycles. The molecule has 1 saturated heterocycles.